The molecule has 0 unspecified atom stereocenters. The maximum absolute atomic E-state index is 11.9. The molecule has 5 heteroatoms. The number of methoxy groups -OCH3 is 1. The Bertz CT molecular complexity index is 540. The first-order valence-electron chi connectivity index (χ1n) is 7.29. The second-order valence-corrected chi connectivity index (χ2v) is 4.61. The van der Waals surface area contributed by atoms with Crippen LogP contribution in [0.25, 0.3) is 6.08 Å². The molecule has 0 amide bonds. The summed E-state index contributed by atoms with van der Waals surface area (Å²) in [6, 6.07) is 8.98. The number of nitriles is 1. The average Bonchev–Trinajstić information content (AvgIpc) is 2.57. The van der Waals surface area contributed by atoms with Crippen molar-refractivity contribution in [2.45, 2.75) is 13.8 Å². The van der Waals surface area contributed by atoms with Crippen LogP contribution in [0.4, 0.5) is 0 Å². The third kappa shape index (κ3) is 5.58. The highest BCUT2D eigenvalue weighted by Gasteiger charge is 2.11. The van der Waals surface area contributed by atoms with Crippen LogP contribution in [-0.4, -0.2) is 44.2 Å². The second-order valence-electron chi connectivity index (χ2n) is 4.61. The molecule has 0 aliphatic heterocycles. The monoisotopic (exact) mass is 302 g/mol. The Labute approximate surface area is 131 Å². The van der Waals surface area contributed by atoms with E-state index in [1.54, 1.807) is 31.4 Å². The van der Waals surface area contributed by atoms with Gasteiger partial charge < -0.3 is 14.4 Å². The van der Waals surface area contributed by atoms with Crippen molar-refractivity contribution in [3.8, 4) is 11.8 Å². The summed E-state index contributed by atoms with van der Waals surface area (Å²) in [5, 5.41) is 9.11. The Morgan fingerprint density at radius 2 is 1.91 bits per heavy atom. The summed E-state index contributed by atoms with van der Waals surface area (Å²) in [7, 11) is 1.58. The lowest BCUT2D eigenvalue weighted by Crippen LogP contribution is -2.28. The molecule has 22 heavy (non-hydrogen) atoms. The van der Waals surface area contributed by atoms with Crippen molar-refractivity contribution in [2.24, 2.45) is 0 Å². The van der Waals surface area contributed by atoms with Gasteiger partial charge in [-0.3, -0.25) is 0 Å². The highest BCUT2D eigenvalue weighted by molar-refractivity contribution is 5.97. The summed E-state index contributed by atoms with van der Waals surface area (Å²) in [4.78, 5) is 14.0. The van der Waals surface area contributed by atoms with E-state index in [4.69, 9.17) is 14.7 Å². The Morgan fingerprint density at radius 3 is 2.41 bits per heavy atom. The standard InChI is InChI=1S/C17H22N2O3/c1-4-19(5-2)10-11-22-17(20)15(13-18)12-14-6-8-16(21-3)9-7-14/h6-9,12H,4-5,10-11H2,1-3H3/b15-12+. The van der Waals surface area contributed by atoms with Crippen LogP contribution < -0.4 is 4.74 Å². The molecular weight excluding hydrogens is 280 g/mol. The minimum atomic E-state index is -0.592. The van der Waals surface area contributed by atoms with Gasteiger partial charge >= 0.3 is 5.97 Å². The first kappa shape index (κ1) is 17.7. The molecular formula is C17H22N2O3. The summed E-state index contributed by atoms with van der Waals surface area (Å²) in [5.74, 6) is 0.128. The molecule has 0 spiro atoms. The van der Waals surface area contributed by atoms with E-state index in [-0.39, 0.29) is 12.2 Å². The number of nitrogens with zero attached hydrogens (tertiary/aromatic N) is 2. The number of rotatable bonds is 8. The number of esters is 1. The van der Waals surface area contributed by atoms with Crippen LogP contribution in [-0.2, 0) is 9.53 Å². The summed E-state index contributed by atoms with van der Waals surface area (Å²) >= 11 is 0. The van der Waals surface area contributed by atoms with Gasteiger partial charge in [0.15, 0.2) is 0 Å². The quantitative estimate of drug-likeness (QED) is 0.419. The molecule has 0 aliphatic rings. The van der Waals surface area contributed by atoms with Crippen molar-refractivity contribution in [1.29, 1.82) is 5.26 Å². The molecule has 1 aromatic carbocycles. The number of carbonyl (C=O) groups excluding carboxylic acids is 1. The zero-order chi connectivity index (χ0) is 16.4. The van der Waals surface area contributed by atoms with E-state index in [1.807, 2.05) is 6.07 Å². The van der Waals surface area contributed by atoms with Crippen molar-refractivity contribution >= 4 is 12.0 Å². The third-order valence-corrected chi connectivity index (χ3v) is 3.30. The highest BCUT2D eigenvalue weighted by atomic mass is 16.5. The fourth-order valence-electron chi connectivity index (χ4n) is 1.89. The topological polar surface area (TPSA) is 62.6 Å². The Balaban J connectivity index is 2.63. The number of carbonyl (C=O) groups is 1. The molecule has 0 saturated heterocycles. The fourth-order valence-corrected chi connectivity index (χ4v) is 1.89. The van der Waals surface area contributed by atoms with Gasteiger partial charge in [-0.15, -0.1) is 0 Å². The maximum Gasteiger partial charge on any atom is 0.348 e. The lowest BCUT2D eigenvalue weighted by molar-refractivity contribution is -0.138. The van der Waals surface area contributed by atoms with Crippen molar-refractivity contribution in [3.63, 3.8) is 0 Å². The predicted octanol–water partition coefficient (Wildman–Crippen LogP) is 2.49. The Kier molecular flexibility index (Phi) is 7.73. The summed E-state index contributed by atoms with van der Waals surface area (Å²) in [5.41, 5.74) is 0.739. The molecule has 0 saturated carbocycles. The molecule has 0 atom stereocenters. The van der Waals surface area contributed by atoms with Gasteiger partial charge in [-0.05, 0) is 36.9 Å². The first-order chi connectivity index (χ1) is 10.6. The maximum atomic E-state index is 11.9. The minimum Gasteiger partial charge on any atom is -0.497 e. The molecule has 0 heterocycles. The van der Waals surface area contributed by atoms with Crippen LogP contribution >= 0.6 is 0 Å². The van der Waals surface area contributed by atoms with Gasteiger partial charge in [-0.2, -0.15) is 5.26 Å². The van der Waals surface area contributed by atoms with Crippen molar-refractivity contribution in [2.75, 3.05) is 33.4 Å². The smallest absolute Gasteiger partial charge is 0.348 e. The van der Waals surface area contributed by atoms with E-state index in [2.05, 4.69) is 18.7 Å². The molecule has 0 aliphatic carbocycles. The molecule has 0 bridgehead atoms. The lowest BCUT2D eigenvalue weighted by atomic mass is 10.1. The van der Waals surface area contributed by atoms with Crippen LogP contribution in [0.15, 0.2) is 29.8 Å². The summed E-state index contributed by atoms with van der Waals surface area (Å²) in [6.07, 6.45) is 1.51. The van der Waals surface area contributed by atoms with Gasteiger partial charge in [0.05, 0.1) is 7.11 Å². The number of hydrogen-bond donors (Lipinski definition) is 0. The number of benzene rings is 1. The van der Waals surface area contributed by atoms with E-state index in [1.165, 1.54) is 6.08 Å². The third-order valence-electron chi connectivity index (χ3n) is 3.30. The molecule has 1 rings (SSSR count). The van der Waals surface area contributed by atoms with Gasteiger partial charge in [0.2, 0.25) is 0 Å². The number of hydrogen-bond acceptors (Lipinski definition) is 5. The largest absolute Gasteiger partial charge is 0.497 e. The summed E-state index contributed by atoms with van der Waals surface area (Å²) < 4.78 is 10.2. The SMILES string of the molecule is CCN(CC)CCOC(=O)/C(C#N)=C/c1ccc(OC)cc1. The van der Waals surface area contributed by atoms with Crippen molar-refractivity contribution in [1.82, 2.24) is 4.90 Å². The average molecular weight is 302 g/mol. The molecule has 0 aromatic heterocycles. The van der Waals surface area contributed by atoms with Crippen LogP contribution in [0.5, 0.6) is 5.75 Å². The lowest BCUT2D eigenvalue weighted by Gasteiger charge is -2.17. The van der Waals surface area contributed by atoms with Gasteiger partial charge in [-0.1, -0.05) is 26.0 Å². The number of likely N-dealkylation sites (N-methyl/N-ethyl adjacent to an activating group) is 1. The van der Waals surface area contributed by atoms with Crippen LogP contribution in [0.2, 0.25) is 0 Å². The predicted molar refractivity (Wildman–Crippen MR) is 85.3 cm³/mol. The Hall–Kier alpha value is -2.32. The van der Waals surface area contributed by atoms with Crippen LogP contribution in [0.3, 0.4) is 0 Å². The van der Waals surface area contributed by atoms with E-state index in [0.717, 1.165) is 24.4 Å². The first-order valence-corrected chi connectivity index (χ1v) is 7.29. The van der Waals surface area contributed by atoms with Crippen molar-refractivity contribution < 1.29 is 14.3 Å². The molecule has 5 nitrogen and oxygen atoms in total. The molecule has 0 N–H and O–H groups in total. The molecule has 0 radical (unpaired) electrons. The summed E-state index contributed by atoms with van der Waals surface area (Å²) in [6.45, 7) is 6.86. The van der Waals surface area contributed by atoms with Gasteiger partial charge in [-0.25, -0.2) is 4.79 Å². The van der Waals surface area contributed by atoms with E-state index < -0.39 is 5.97 Å². The van der Waals surface area contributed by atoms with E-state index in [0.29, 0.717) is 6.54 Å². The van der Waals surface area contributed by atoms with Gasteiger partial charge in [0.25, 0.3) is 0 Å². The van der Waals surface area contributed by atoms with Crippen LogP contribution in [0, 0.1) is 11.3 Å². The van der Waals surface area contributed by atoms with Gasteiger partial charge in [0.1, 0.15) is 24.0 Å². The normalized spacial score (nSPS) is 11.1. The van der Waals surface area contributed by atoms with E-state index in [9.17, 15) is 4.79 Å². The second kappa shape index (κ2) is 9.59. The zero-order valence-corrected chi connectivity index (χ0v) is 13.3. The molecule has 118 valence electrons. The van der Waals surface area contributed by atoms with Crippen molar-refractivity contribution in [3.05, 3.63) is 35.4 Å². The number of ether oxygens (including phenoxy) is 2. The Morgan fingerprint density at radius 1 is 1.27 bits per heavy atom. The fraction of sp³-hybridized carbons (Fsp3) is 0.412. The van der Waals surface area contributed by atoms with E-state index >= 15 is 0 Å². The van der Waals surface area contributed by atoms with Crippen LogP contribution in [0.1, 0.15) is 19.4 Å². The highest BCUT2D eigenvalue weighted by Crippen LogP contribution is 2.14. The zero-order valence-electron chi connectivity index (χ0n) is 13.3. The molecule has 1 aromatic rings. The molecule has 0 fully saturated rings. The minimum absolute atomic E-state index is 0.00952. The van der Waals surface area contributed by atoms with Gasteiger partial charge in [0, 0.05) is 6.54 Å².